The predicted molar refractivity (Wildman–Crippen MR) is 100 cm³/mol. The van der Waals surface area contributed by atoms with Crippen molar-refractivity contribution in [3.05, 3.63) is 95.1 Å². The van der Waals surface area contributed by atoms with E-state index in [2.05, 4.69) is 13.2 Å². The quantitative estimate of drug-likeness (QED) is 0.416. The van der Waals surface area contributed by atoms with Crippen LogP contribution in [0.5, 0.6) is 0 Å². The van der Waals surface area contributed by atoms with Crippen molar-refractivity contribution < 1.29 is 9.59 Å². The largest absolute Gasteiger partial charge is 0.289 e. The molecule has 0 radical (unpaired) electrons. The molecular weight excluding hydrogens is 296 g/mol. The van der Waals surface area contributed by atoms with Gasteiger partial charge in [-0.1, -0.05) is 61.7 Å². The van der Waals surface area contributed by atoms with Gasteiger partial charge >= 0.3 is 0 Å². The van der Waals surface area contributed by atoms with Gasteiger partial charge in [0.05, 0.1) is 0 Å². The van der Waals surface area contributed by atoms with E-state index in [1.807, 2.05) is 50.3 Å². The molecule has 0 bridgehead atoms. The van der Waals surface area contributed by atoms with E-state index >= 15 is 0 Å². The number of rotatable bonds is 6. The minimum Gasteiger partial charge on any atom is -0.289 e. The average molecular weight is 316 g/mol. The molecule has 2 heteroatoms. The number of hydrogen-bond donors (Lipinski definition) is 0. The van der Waals surface area contributed by atoms with Crippen molar-refractivity contribution in [1.82, 2.24) is 0 Å². The second kappa shape index (κ2) is 7.51. The molecule has 2 aromatic carbocycles. The van der Waals surface area contributed by atoms with Crippen molar-refractivity contribution in [1.29, 1.82) is 0 Å². The van der Waals surface area contributed by atoms with Gasteiger partial charge in [0.1, 0.15) is 0 Å². The van der Waals surface area contributed by atoms with Crippen molar-refractivity contribution in [2.24, 2.45) is 0 Å². The van der Waals surface area contributed by atoms with Crippen LogP contribution >= 0.6 is 0 Å². The molecule has 0 N–H and O–H groups in total. The number of carbonyl (C=O) groups excluding carboxylic acids is 2. The SMILES string of the molecule is C=CC(=O)c1ccc(C=Cc2ccc(C(=O)C=C)c(C)c2C)cc1. The summed E-state index contributed by atoms with van der Waals surface area (Å²) in [5.41, 5.74) is 5.40. The van der Waals surface area contributed by atoms with Gasteiger partial charge in [0, 0.05) is 11.1 Å². The number of allylic oxidation sites excluding steroid dienone is 2. The van der Waals surface area contributed by atoms with Crippen LogP contribution in [-0.2, 0) is 0 Å². The van der Waals surface area contributed by atoms with Crippen LogP contribution < -0.4 is 0 Å². The molecule has 0 aliphatic heterocycles. The van der Waals surface area contributed by atoms with E-state index in [4.69, 9.17) is 0 Å². The third-order valence-corrected chi connectivity index (χ3v) is 4.12. The summed E-state index contributed by atoms with van der Waals surface area (Å²) in [7, 11) is 0. The van der Waals surface area contributed by atoms with Gasteiger partial charge in [-0.2, -0.15) is 0 Å². The lowest BCUT2D eigenvalue weighted by Crippen LogP contribution is -2.00. The lowest BCUT2D eigenvalue weighted by Gasteiger charge is -2.09. The maximum Gasteiger partial charge on any atom is 0.185 e. The number of benzene rings is 2. The Kier molecular flexibility index (Phi) is 5.43. The van der Waals surface area contributed by atoms with Crippen molar-refractivity contribution in [2.45, 2.75) is 13.8 Å². The fraction of sp³-hybridized carbons (Fsp3) is 0.0909. The Hall–Kier alpha value is -3.00. The lowest BCUT2D eigenvalue weighted by atomic mass is 9.95. The highest BCUT2D eigenvalue weighted by Crippen LogP contribution is 2.21. The van der Waals surface area contributed by atoms with Gasteiger partial charge in [0.15, 0.2) is 11.6 Å². The minimum atomic E-state index is -0.0838. The Morgan fingerprint density at radius 1 is 0.792 bits per heavy atom. The zero-order valence-corrected chi connectivity index (χ0v) is 14.0. The molecule has 2 nitrogen and oxygen atoms in total. The van der Waals surface area contributed by atoms with Crippen LogP contribution in [0.15, 0.2) is 61.7 Å². The maximum absolute atomic E-state index is 11.8. The van der Waals surface area contributed by atoms with Crippen molar-refractivity contribution in [3.8, 4) is 0 Å². The van der Waals surface area contributed by atoms with Crippen LogP contribution in [-0.4, -0.2) is 11.6 Å². The molecule has 0 saturated carbocycles. The van der Waals surface area contributed by atoms with E-state index in [9.17, 15) is 9.59 Å². The fourth-order valence-corrected chi connectivity index (χ4v) is 2.46. The summed E-state index contributed by atoms with van der Waals surface area (Å²) in [5, 5.41) is 0. The van der Waals surface area contributed by atoms with E-state index < -0.39 is 0 Å². The van der Waals surface area contributed by atoms with Gasteiger partial charge in [0.2, 0.25) is 0 Å². The molecule has 24 heavy (non-hydrogen) atoms. The topological polar surface area (TPSA) is 34.1 Å². The third-order valence-electron chi connectivity index (χ3n) is 4.12. The van der Waals surface area contributed by atoms with Crippen LogP contribution in [0.1, 0.15) is 43.0 Å². The van der Waals surface area contributed by atoms with Crippen molar-refractivity contribution in [3.63, 3.8) is 0 Å². The average Bonchev–Trinajstić information content (AvgIpc) is 2.62. The summed E-state index contributed by atoms with van der Waals surface area (Å²) in [6, 6.07) is 11.1. The van der Waals surface area contributed by atoms with Gasteiger partial charge in [-0.05, 0) is 48.3 Å². The molecule has 0 aromatic heterocycles. The van der Waals surface area contributed by atoms with E-state index in [1.165, 1.54) is 12.2 Å². The molecule has 0 spiro atoms. The zero-order valence-electron chi connectivity index (χ0n) is 14.0. The first kappa shape index (κ1) is 17.4. The smallest absolute Gasteiger partial charge is 0.185 e. The van der Waals surface area contributed by atoms with Crippen molar-refractivity contribution >= 4 is 23.7 Å². The van der Waals surface area contributed by atoms with Gasteiger partial charge in [0.25, 0.3) is 0 Å². The summed E-state index contributed by atoms with van der Waals surface area (Å²) < 4.78 is 0. The first-order valence-corrected chi connectivity index (χ1v) is 7.69. The Morgan fingerprint density at radius 2 is 1.42 bits per heavy atom. The Labute approximate surface area is 142 Å². The zero-order chi connectivity index (χ0) is 17.7. The molecule has 0 aliphatic carbocycles. The standard InChI is InChI=1S/C22H20O2/c1-5-21(23)19-11-8-17(9-12-19)7-10-18-13-14-20(22(24)6-2)16(4)15(18)3/h5-14H,1-2H2,3-4H3. The summed E-state index contributed by atoms with van der Waals surface area (Å²) in [4.78, 5) is 23.3. The highest BCUT2D eigenvalue weighted by atomic mass is 16.1. The number of hydrogen-bond acceptors (Lipinski definition) is 2. The highest BCUT2D eigenvalue weighted by molar-refractivity contribution is 6.05. The second-order valence-electron chi connectivity index (χ2n) is 5.54. The Bertz CT molecular complexity index is 837. The van der Waals surface area contributed by atoms with Gasteiger partial charge < -0.3 is 0 Å². The predicted octanol–water partition coefficient (Wildman–Crippen LogP) is 5.21. The lowest BCUT2D eigenvalue weighted by molar-refractivity contribution is 0.103. The fourth-order valence-electron chi connectivity index (χ4n) is 2.46. The molecule has 0 saturated heterocycles. The van der Waals surface area contributed by atoms with Crippen LogP contribution in [0, 0.1) is 13.8 Å². The monoisotopic (exact) mass is 316 g/mol. The molecular formula is C22H20O2. The molecule has 0 heterocycles. The Morgan fingerprint density at radius 3 is 2.00 bits per heavy atom. The van der Waals surface area contributed by atoms with Crippen LogP contribution in [0.2, 0.25) is 0 Å². The van der Waals surface area contributed by atoms with E-state index in [-0.39, 0.29) is 11.6 Å². The van der Waals surface area contributed by atoms with Gasteiger partial charge in [-0.25, -0.2) is 0 Å². The molecule has 0 unspecified atom stereocenters. The highest BCUT2D eigenvalue weighted by Gasteiger charge is 2.09. The maximum atomic E-state index is 11.8. The number of ketones is 2. The van der Waals surface area contributed by atoms with Crippen LogP contribution in [0.25, 0.3) is 12.2 Å². The van der Waals surface area contributed by atoms with E-state index in [1.54, 1.807) is 12.1 Å². The van der Waals surface area contributed by atoms with Crippen LogP contribution in [0.3, 0.4) is 0 Å². The molecule has 2 rings (SSSR count). The summed E-state index contributed by atoms with van der Waals surface area (Å²) in [6.45, 7) is 11.0. The second-order valence-corrected chi connectivity index (χ2v) is 5.54. The molecule has 0 atom stereocenters. The molecule has 120 valence electrons. The van der Waals surface area contributed by atoms with E-state index in [0.29, 0.717) is 11.1 Å². The summed E-state index contributed by atoms with van der Waals surface area (Å²) >= 11 is 0. The first-order valence-electron chi connectivity index (χ1n) is 7.69. The van der Waals surface area contributed by atoms with E-state index in [0.717, 1.165) is 22.3 Å². The van der Waals surface area contributed by atoms with Crippen molar-refractivity contribution in [2.75, 3.05) is 0 Å². The minimum absolute atomic E-state index is 0.0615. The third kappa shape index (κ3) is 3.66. The van der Waals surface area contributed by atoms with Gasteiger partial charge in [-0.15, -0.1) is 0 Å². The summed E-state index contributed by atoms with van der Waals surface area (Å²) in [6.07, 6.45) is 6.64. The number of carbonyl (C=O) groups is 2. The first-order chi connectivity index (χ1) is 11.5. The molecule has 0 fully saturated rings. The van der Waals surface area contributed by atoms with Crippen LogP contribution in [0.4, 0.5) is 0 Å². The Balaban J connectivity index is 2.27. The summed E-state index contributed by atoms with van der Waals surface area (Å²) in [5.74, 6) is -0.145. The normalized spacial score (nSPS) is 10.6. The molecule has 2 aromatic rings. The molecule has 0 aliphatic rings. The molecule has 0 amide bonds. The van der Waals surface area contributed by atoms with Gasteiger partial charge in [-0.3, -0.25) is 9.59 Å².